The fourth-order valence-electron chi connectivity index (χ4n) is 5.52. The number of fused-ring (bicyclic) bond motifs is 1. The molecular weight excluding hydrogens is 530 g/mol. The van der Waals surface area contributed by atoms with Crippen molar-refractivity contribution in [2.24, 2.45) is 0 Å². The summed E-state index contributed by atoms with van der Waals surface area (Å²) in [4.78, 5) is 27.2. The van der Waals surface area contributed by atoms with Gasteiger partial charge in [-0.1, -0.05) is 15.9 Å². The maximum absolute atomic E-state index is 13.7. The van der Waals surface area contributed by atoms with Gasteiger partial charge in [0.25, 0.3) is 0 Å². The minimum absolute atomic E-state index is 0.0309. The molecule has 0 bridgehead atoms. The molecule has 1 aromatic carbocycles. The fraction of sp³-hybridized carbons (Fsp3) is 0.407. The molecule has 6 rings (SSSR count). The Hall–Kier alpha value is -3.04. The minimum Gasteiger partial charge on any atom is -0.469 e. The minimum atomic E-state index is -0.618. The Bertz CT molecular complexity index is 1270. The van der Waals surface area contributed by atoms with Crippen molar-refractivity contribution in [3.8, 4) is 11.5 Å². The molecule has 0 spiro atoms. The second-order valence-electron chi connectivity index (χ2n) is 9.49. The van der Waals surface area contributed by atoms with Crippen molar-refractivity contribution in [2.45, 2.75) is 50.5 Å². The molecule has 3 atom stereocenters. The molecule has 1 saturated heterocycles. The summed E-state index contributed by atoms with van der Waals surface area (Å²) in [6, 6.07) is 7.40. The number of ether oxygens (including phenoxy) is 4. The van der Waals surface area contributed by atoms with Crippen LogP contribution in [-0.2, 0) is 19.1 Å². The summed E-state index contributed by atoms with van der Waals surface area (Å²) in [6.07, 6.45) is 4.25. The summed E-state index contributed by atoms with van der Waals surface area (Å²) in [5, 5.41) is 3.36. The first-order valence-corrected chi connectivity index (χ1v) is 12.9. The van der Waals surface area contributed by atoms with Gasteiger partial charge < -0.3 is 28.7 Å². The molecule has 1 aliphatic carbocycles. The first-order valence-electron chi connectivity index (χ1n) is 12.1. The molecule has 4 heterocycles. The molecule has 4 aliphatic rings. The van der Waals surface area contributed by atoms with Gasteiger partial charge in [0, 0.05) is 46.3 Å². The standard InChI is InChI=1S/C27H26BrNO7/c1-14-24(27(31)34-12-16-4-2-6-32-16)25(17-10-22-23(11-18(17)28)36-13-35-22)26-19(29-14)8-15(9-20(26)30)21-5-3-7-33-21/h3,5,7,10-11,15-16,25,29H,2,4,6,8-9,12-13H2,1H3/t15-,16+,25-/m1/s1. The number of Topliss-reactive ketones (excluding diaryl/α,β-unsaturated/α-hetero) is 1. The molecule has 3 aliphatic heterocycles. The quantitative estimate of drug-likeness (QED) is 0.523. The molecular formula is C27H26BrNO7. The molecule has 1 N–H and O–H groups in total. The Morgan fingerprint density at radius 2 is 2.06 bits per heavy atom. The maximum atomic E-state index is 13.7. The predicted octanol–water partition coefficient (Wildman–Crippen LogP) is 4.85. The fourth-order valence-corrected chi connectivity index (χ4v) is 6.07. The van der Waals surface area contributed by atoms with Crippen LogP contribution < -0.4 is 14.8 Å². The highest BCUT2D eigenvalue weighted by Gasteiger charge is 2.43. The number of halogens is 1. The largest absolute Gasteiger partial charge is 0.469 e. The number of carbonyl (C=O) groups is 2. The van der Waals surface area contributed by atoms with E-state index in [1.807, 2.05) is 31.2 Å². The topological polar surface area (TPSA) is 96.2 Å². The molecule has 1 fully saturated rings. The van der Waals surface area contributed by atoms with Crippen molar-refractivity contribution < 1.29 is 33.0 Å². The number of hydrogen-bond donors (Lipinski definition) is 1. The van der Waals surface area contributed by atoms with Crippen molar-refractivity contribution >= 4 is 27.7 Å². The summed E-state index contributed by atoms with van der Waals surface area (Å²) in [5.41, 5.74) is 3.20. The zero-order valence-electron chi connectivity index (χ0n) is 19.8. The van der Waals surface area contributed by atoms with E-state index in [0.29, 0.717) is 47.8 Å². The summed E-state index contributed by atoms with van der Waals surface area (Å²) < 4.78 is 28.9. The highest BCUT2D eigenvalue weighted by molar-refractivity contribution is 9.10. The highest BCUT2D eigenvalue weighted by Crippen LogP contribution is 2.49. The Morgan fingerprint density at radius 1 is 1.22 bits per heavy atom. The molecule has 0 saturated carbocycles. The molecule has 9 heteroatoms. The van der Waals surface area contributed by atoms with E-state index in [2.05, 4.69) is 21.2 Å². The van der Waals surface area contributed by atoms with Gasteiger partial charge in [0.1, 0.15) is 12.4 Å². The molecule has 188 valence electrons. The van der Waals surface area contributed by atoms with Crippen LogP contribution in [0.25, 0.3) is 0 Å². The van der Waals surface area contributed by atoms with Crippen LogP contribution in [0.5, 0.6) is 11.5 Å². The lowest BCUT2D eigenvalue weighted by Crippen LogP contribution is -2.36. The number of furan rings is 1. The van der Waals surface area contributed by atoms with Crippen LogP contribution in [0.2, 0.25) is 0 Å². The zero-order valence-corrected chi connectivity index (χ0v) is 21.4. The SMILES string of the molecule is CC1=C(C(=O)OC[C@@H]2CCCO2)[C@@H](c2cc3c(cc2Br)OCO3)C2=C(C[C@@H](c3ccco3)CC2=O)N1. The van der Waals surface area contributed by atoms with Crippen LogP contribution in [0.3, 0.4) is 0 Å². The number of benzene rings is 1. The Labute approximate surface area is 216 Å². The molecule has 36 heavy (non-hydrogen) atoms. The van der Waals surface area contributed by atoms with Gasteiger partial charge in [-0.05, 0) is 56.0 Å². The van der Waals surface area contributed by atoms with E-state index in [1.165, 1.54) is 0 Å². The number of dihydropyridines is 1. The van der Waals surface area contributed by atoms with E-state index in [4.69, 9.17) is 23.4 Å². The number of nitrogens with one attached hydrogen (secondary N) is 1. The van der Waals surface area contributed by atoms with Crippen molar-refractivity contribution in [1.82, 2.24) is 5.32 Å². The van der Waals surface area contributed by atoms with E-state index in [1.54, 1.807) is 6.26 Å². The number of esters is 1. The first kappa shape index (κ1) is 23.4. The normalized spacial score (nSPS) is 25.2. The molecule has 0 unspecified atom stereocenters. The van der Waals surface area contributed by atoms with Gasteiger partial charge >= 0.3 is 5.97 Å². The second kappa shape index (κ2) is 9.44. The third-order valence-corrected chi connectivity index (χ3v) is 7.91. The smallest absolute Gasteiger partial charge is 0.336 e. The van der Waals surface area contributed by atoms with Crippen LogP contribution in [0.15, 0.2) is 62.0 Å². The van der Waals surface area contributed by atoms with E-state index in [-0.39, 0.29) is 31.2 Å². The van der Waals surface area contributed by atoms with Crippen molar-refractivity contribution in [2.75, 3.05) is 20.0 Å². The molecule has 0 radical (unpaired) electrons. The average Bonchev–Trinajstić information content (AvgIpc) is 3.64. The van der Waals surface area contributed by atoms with Crippen molar-refractivity contribution in [3.63, 3.8) is 0 Å². The van der Waals surface area contributed by atoms with Gasteiger partial charge in [0.2, 0.25) is 6.79 Å². The summed E-state index contributed by atoms with van der Waals surface area (Å²) >= 11 is 3.66. The summed E-state index contributed by atoms with van der Waals surface area (Å²) in [5.74, 6) is 0.794. The average molecular weight is 556 g/mol. The highest BCUT2D eigenvalue weighted by atomic mass is 79.9. The van der Waals surface area contributed by atoms with Crippen LogP contribution in [-0.4, -0.2) is 37.9 Å². The number of ketones is 1. The van der Waals surface area contributed by atoms with Crippen molar-refractivity contribution in [3.05, 3.63) is 68.9 Å². The summed E-state index contributed by atoms with van der Waals surface area (Å²) in [6.45, 7) is 2.84. The van der Waals surface area contributed by atoms with Gasteiger partial charge in [0.05, 0.1) is 17.9 Å². The van der Waals surface area contributed by atoms with E-state index < -0.39 is 11.9 Å². The number of rotatable bonds is 5. The lowest BCUT2D eigenvalue weighted by molar-refractivity contribution is -0.142. The van der Waals surface area contributed by atoms with E-state index in [0.717, 1.165) is 34.3 Å². The third kappa shape index (κ3) is 4.14. The monoisotopic (exact) mass is 555 g/mol. The first-order chi connectivity index (χ1) is 17.5. The molecule has 2 aromatic rings. The lowest BCUT2D eigenvalue weighted by atomic mass is 9.72. The maximum Gasteiger partial charge on any atom is 0.336 e. The second-order valence-corrected chi connectivity index (χ2v) is 10.3. The van der Waals surface area contributed by atoms with E-state index in [9.17, 15) is 9.59 Å². The Morgan fingerprint density at radius 3 is 2.81 bits per heavy atom. The number of allylic oxidation sites excluding steroid dienone is 3. The van der Waals surface area contributed by atoms with E-state index >= 15 is 0 Å². The Balaban J connectivity index is 1.40. The molecule has 0 amide bonds. The van der Waals surface area contributed by atoms with Crippen LogP contribution in [0, 0.1) is 0 Å². The third-order valence-electron chi connectivity index (χ3n) is 7.22. The van der Waals surface area contributed by atoms with Gasteiger partial charge in [-0.25, -0.2) is 4.79 Å². The van der Waals surface area contributed by atoms with Crippen LogP contribution >= 0.6 is 15.9 Å². The molecule has 8 nitrogen and oxygen atoms in total. The predicted molar refractivity (Wildman–Crippen MR) is 131 cm³/mol. The van der Waals surface area contributed by atoms with Gasteiger partial charge in [-0.15, -0.1) is 0 Å². The van der Waals surface area contributed by atoms with Gasteiger partial charge in [-0.3, -0.25) is 4.79 Å². The van der Waals surface area contributed by atoms with Crippen LogP contribution in [0.1, 0.15) is 55.8 Å². The van der Waals surface area contributed by atoms with Gasteiger partial charge in [-0.2, -0.15) is 0 Å². The van der Waals surface area contributed by atoms with Crippen LogP contribution in [0.4, 0.5) is 0 Å². The zero-order chi connectivity index (χ0) is 24.8. The molecule has 1 aromatic heterocycles. The summed E-state index contributed by atoms with van der Waals surface area (Å²) in [7, 11) is 0. The van der Waals surface area contributed by atoms with Crippen molar-refractivity contribution in [1.29, 1.82) is 0 Å². The Kier molecular flexibility index (Phi) is 6.13. The number of carbonyl (C=O) groups excluding carboxylic acids is 2. The number of hydrogen-bond acceptors (Lipinski definition) is 8. The van der Waals surface area contributed by atoms with Gasteiger partial charge in [0.15, 0.2) is 17.3 Å². The lowest BCUT2D eigenvalue weighted by Gasteiger charge is -2.36.